The maximum absolute atomic E-state index is 12.1. The number of hydrogen-bond acceptors (Lipinski definition) is 6. The molecule has 1 N–H and O–H groups in total. The quantitative estimate of drug-likeness (QED) is 0.687. The molecule has 0 saturated heterocycles. The van der Waals surface area contributed by atoms with Gasteiger partial charge in [0, 0.05) is 14.1 Å². The van der Waals surface area contributed by atoms with Gasteiger partial charge in [0.2, 0.25) is 5.91 Å². The molecular formula is C16H21ClN2O6. The van der Waals surface area contributed by atoms with Gasteiger partial charge in [-0.05, 0) is 19.1 Å². The summed E-state index contributed by atoms with van der Waals surface area (Å²) >= 11 is 6.09. The number of halogens is 1. The Kier molecular flexibility index (Phi) is 8.00. The van der Waals surface area contributed by atoms with Crippen LogP contribution in [0, 0.1) is 0 Å². The van der Waals surface area contributed by atoms with E-state index in [1.807, 2.05) is 0 Å². The number of ether oxygens (including phenoxy) is 3. The number of esters is 1. The Morgan fingerprint density at radius 2 is 1.96 bits per heavy atom. The number of benzene rings is 1. The summed E-state index contributed by atoms with van der Waals surface area (Å²) in [6, 6.07) is 2.79. The molecule has 8 nitrogen and oxygen atoms in total. The van der Waals surface area contributed by atoms with Crippen LogP contribution in [0.25, 0.3) is 0 Å². The van der Waals surface area contributed by atoms with Gasteiger partial charge in [-0.1, -0.05) is 11.6 Å². The largest absolute Gasteiger partial charge is 0.493 e. The van der Waals surface area contributed by atoms with E-state index in [9.17, 15) is 14.4 Å². The number of amides is 2. The van der Waals surface area contributed by atoms with Crippen molar-refractivity contribution in [3.63, 3.8) is 0 Å². The van der Waals surface area contributed by atoms with Crippen LogP contribution in [0.5, 0.6) is 11.5 Å². The highest BCUT2D eigenvalue weighted by molar-refractivity contribution is 6.32. The summed E-state index contributed by atoms with van der Waals surface area (Å²) < 4.78 is 15.5. The van der Waals surface area contributed by atoms with Gasteiger partial charge < -0.3 is 24.4 Å². The van der Waals surface area contributed by atoms with E-state index >= 15 is 0 Å². The van der Waals surface area contributed by atoms with Crippen LogP contribution in [-0.4, -0.2) is 63.6 Å². The minimum absolute atomic E-state index is 0.118. The van der Waals surface area contributed by atoms with Gasteiger partial charge in [0.05, 0.1) is 30.8 Å². The molecule has 25 heavy (non-hydrogen) atoms. The first-order valence-corrected chi connectivity index (χ1v) is 7.83. The van der Waals surface area contributed by atoms with E-state index in [0.29, 0.717) is 12.4 Å². The van der Waals surface area contributed by atoms with Gasteiger partial charge in [-0.3, -0.25) is 9.59 Å². The van der Waals surface area contributed by atoms with Crippen molar-refractivity contribution in [3.8, 4) is 11.5 Å². The second-order valence-electron chi connectivity index (χ2n) is 4.92. The van der Waals surface area contributed by atoms with Gasteiger partial charge in [-0.25, -0.2) is 4.79 Å². The molecular weight excluding hydrogens is 352 g/mol. The lowest BCUT2D eigenvalue weighted by molar-refractivity contribution is -0.137. The molecule has 0 saturated carbocycles. The van der Waals surface area contributed by atoms with E-state index in [4.69, 9.17) is 25.8 Å². The van der Waals surface area contributed by atoms with Crippen molar-refractivity contribution in [1.29, 1.82) is 0 Å². The molecule has 0 aliphatic carbocycles. The molecule has 0 fully saturated rings. The lowest BCUT2D eigenvalue weighted by Gasteiger charge is -2.16. The Morgan fingerprint density at radius 3 is 2.52 bits per heavy atom. The zero-order valence-electron chi connectivity index (χ0n) is 14.6. The normalized spacial score (nSPS) is 9.96. The van der Waals surface area contributed by atoms with Gasteiger partial charge in [-0.15, -0.1) is 0 Å². The molecule has 1 rings (SSSR count). The van der Waals surface area contributed by atoms with Crippen molar-refractivity contribution in [2.75, 3.05) is 41.0 Å². The van der Waals surface area contributed by atoms with Crippen molar-refractivity contribution in [2.45, 2.75) is 6.92 Å². The maximum atomic E-state index is 12.1. The third-order valence-electron chi connectivity index (χ3n) is 3.17. The topological polar surface area (TPSA) is 94.2 Å². The van der Waals surface area contributed by atoms with Crippen LogP contribution in [0.1, 0.15) is 17.3 Å². The number of likely N-dealkylation sites (N-methyl/N-ethyl adjacent to an activating group) is 2. The smallest absolute Gasteiger partial charge is 0.338 e. The molecule has 0 bridgehead atoms. The molecule has 9 heteroatoms. The number of methoxy groups -OCH3 is 1. The second kappa shape index (κ2) is 9.73. The number of nitrogens with zero attached hydrogens (tertiary/aromatic N) is 1. The summed E-state index contributed by atoms with van der Waals surface area (Å²) in [7, 11) is 4.31. The Morgan fingerprint density at radius 1 is 1.28 bits per heavy atom. The maximum Gasteiger partial charge on any atom is 0.338 e. The van der Waals surface area contributed by atoms with Gasteiger partial charge in [-0.2, -0.15) is 0 Å². The number of hydrogen-bond donors (Lipinski definition) is 1. The highest BCUT2D eigenvalue weighted by Gasteiger charge is 2.19. The van der Waals surface area contributed by atoms with Gasteiger partial charge in [0.1, 0.15) is 0 Å². The average Bonchev–Trinajstić information content (AvgIpc) is 2.60. The Hall–Kier alpha value is -2.48. The SMILES string of the molecule is CCOc1c(Cl)cc(C(=O)OCC(=O)N(C)CC(=O)NC)cc1OC. The van der Waals surface area contributed by atoms with Crippen LogP contribution in [0.3, 0.4) is 0 Å². The predicted octanol–water partition coefficient (Wildman–Crippen LogP) is 1.11. The van der Waals surface area contributed by atoms with E-state index in [1.54, 1.807) is 6.92 Å². The highest BCUT2D eigenvalue weighted by atomic mass is 35.5. The molecule has 0 radical (unpaired) electrons. The van der Waals surface area contributed by atoms with Crippen LogP contribution < -0.4 is 14.8 Å². The summed E-state index contributed by atoms with van der Waals surface area (Å²) in [5.74, 6) is -0.981. The standard InChI is InChI=1S/C16H21ClN2O6/c1-5-24-15-11(17)6-10(7-12(15)23-4)16(22)25-9-14(21)19(3)8-13(20)18-2/h6-7H,5,8-9H2,1-4H3,(H,18,20). The Bertz CT molecular complexity index is 650. The third kappa shape index (κ3) is 5.82. The first-order chi connectivity index (χ1) is 11.8. The number of nitrogens with one attached hydrogen (secondary N) is 1. The lowest BCUT2D eigenvalue weighted by Crippen LogP contribution is -2.39. The van der Waals surface area contributed by atoms with Crippen molar-refractivity contribution in [3.05, 3.63) is 22.7 Å². The molecule has 0 unspecified atom stereocenters. The Labute approximate surface area is 151 Å². The van der Waals surface area contributed by atoms with Crippen LogP contribution in [0.2, 0.25) is 5.02 Å². The van der Waals surface area contributed by atoms with E-state index in [2.05, 4.69) is 5.32 Å². The van der Waals surface area contributed by atoms with Crippen LogP contribution in [0.4, 0.5) is 0 Å². The van der Waals surface area contributed by atoms with Crippen molar-refractivity contribution in [1.82, 2.24) is 10.2 Å². The molecule has 0 aromatic heterocycles. The summed E-state index contributed by atoms with van der Waals surface area (Å²) in [4.78, 5) is 36.3. The molecule has 2 amide bonds. The highest BCUT2D eigenvalue weighted by Crippen LogP contribution is 2.36. The van der Waals surface area contributed by atoms with Gasteiger partial charge in [0.15, 0.2) is 18.1 Å². The summed E-state index contributed by atoms with van der Waals surface area (Å²) in [5, 5.41) is 2.59. The number of rotatable bonds is 8. The molecule has 0 aliphatic heterocycles. The van der Waals surface area contributed by atoms with E-state index in [1.165, 1.54) is 33.3 Å². The number of carbonyl (C=O) groups excluding carboxylic acids is 3. The number of carbonyl (C=O) groups is 3. The zero-order valence-corrected chi connectivity index (χ0v) is 15.3. The zero-order chi connectivity index (χ0) is 19.0. The average molecular weight is 373 g/mol. The van der Waals surface area contributed by atoms with Crippen molar-refractivity contribution < 1.29 is 28.6 Å². The van der Waals surface area contributed by atoms with Crippen molar-refractivity contribution in [2.24, 2.45) is 0 Å². The molecule has 1 aromatic rings. The second-order valence-corrected chi connectivity index (χ2v) is 5.33. The summed E-state index contributed by atoms with van der Waals surface area (Å²) in [6.45, 7) is 1.54. The fourth-order valence-corrected chi connectivity index (χ4v) is 2.09. The fraction of sp³-hybridized carbons (Fsp3) is 0.438. The van der Waals surface area contributed by atoms with Crippen LogP contribution >= 0.6 is 11.6 Å². The molecule has 0 atom stereocenters. The van der Waals surface area contributed by atoms with E-state index in [0.717, 1.165) is 4.90 Å². The molecule has 0 aliphatic rings. The minimum atomic E-state index is -0.745. The molecule has 1 aromatic carbocycles. The molecule has 0 heterocycles. The summed E-state index contributed by atoms with van der Waals surface area (Å²) in [5.41, 5.74) is 0.118. The first kappa shape index (κ1) is 20.6. The van der Waals surface area contributed by atoms with E-state index < -0.39 is 18.5 Å². The fourth-order valence-electron chi connectivity index (χ4n) is 1.83. The lowest BCUT2D eigenvalue weighted by atomic mass is 10.2. The molecule has 138 valence electrons. The summed E-state index contributed by atoms with van der Waals surface area (Å²) in [6.07, 6.45) is 0. The van der Waals surface area contributed by atoms with Crippen LogP contribution in [0.15, 0.2) is 12.1 Å². The predicted molar refractivity (Wildman–Crippen MR) is 91.2 cm³/mol. The monoisotopic (exact) mass is 372 g/mol. The third-order valence-corrected chi connectivity index (χ3v) is 3.45. The van der Waals surface area contributed by atoms with Crippen molar-refractivity contribution >= 4 is 29.4 Å². The first-order valence-electron chi connectivity index (χ1n) is 7.46. The molecule has 0 spiro atoms. The van der Waals surface area contributed by atoms with E-state index in [-0.39, 0.29) is 28.8 Å². The Balaban J connectivity index is 2.76. The van der Waals surface area contributed by atoms with Crippen LogP contribution in [-0.2, 0) is 14.3 Å². The minimum Gasteiger partial charge on any atom is -0.493 e. The van der Waals surface area contributed by atoms with Gasteiger partial charge >= 0.3 is 5.97 Å². The van der Waals surface area contributed by atoms with Gasteiger partial charge in [0.25, 0.3) is 5.91 Å².